The molecule has 1 aliphatic rings. The molecule has 1 aromatic carbocycles. The summed E-state index contributed by atoms with van der Waals surface area (Å²) in [5.74, 6) is -1.24. The van der Waals surface area contributed by atoms with E-state index in [1.807, 2.05) is 24.3 Å². The van der Waals surface area contributed by atoms with E-state index in [2.05, 4.69) is 15.2 Å². The molecule has 2 heterocycles. The zero-order chi connectivity index (χ0) is 21.8. The number of hydrogen-bond donors (Lipinski definition) is 2. The molecule has 30 heavy (non-hydrogen) atoms. The van der Waals surface area contributed by atoms with Gasteiger partial charge < -0.3 is 24.7 Å². The quantitative estimate of drug-likeness (QED) is 0.558. The minimum atomic E-state index is -1.000. The lowest BCUT2D eigenvalue weighted by molar-refractivity contribution is -0.123. The predicted octanol–water partition coefficient (Wildman–Crippen LogP) is 2.85. The Morgan fingerprint density at radius 1 is 1.13 bits per heavy atom. The number of H-pyrrole nitrogens is 1. The van der Waals surface area contributed by atoms with Crippen molar-refractivity contribution < 1.29 is 23.9 Å². The summed E-state index contributed by atoms with van der Waals surface area (Å²) in [7, 11) is 0. The van der Waals surface area contributed by atoms with Gasteiger partial charge in [-0.3, -0.25) is 9.59 Å². The van der Waals surface area contributed by atoms with Crippen LogP contribution in [-0.2, 0) is 14.3 Å². The second-order valence-electron chi connectivity index (χ2n) is 7.36. The van der Waals surface area contributed by atoms with Crippen molar-refractivity contribution in [2.75, 3.05) is 36.5 Å². The van der Waals surface area contributed by atoms with Gasteiger partial charge in [-0.2, -0.15) is 0 Å². The Bertz CT molecular complexity index is 942. The van der Waals surface area contributed by atoms with Gasteiger partial charge in [-0.05, 0) is 57.5 Å². The van der Waals surface area contributed by atoms with Gasteiger partial charge in [-0.1, -0.05) is 0 Å². The average molecular weight is 413 g/mol. The lowest BCUT2D eigenvalue weighted by Gasteiger charge is -2.28. The highest BCUT2D eigenvalue weighted by molar-refractivity contribution is 6.02. The second kappa shape index (κ2) is 9.13. The number of aromatic amines is 1. The fourth-order valence-electron chi connectivity index (χ4n) is 3.58. The number of nitrogens with one attached hydrogen (secondary N) is 2. The zero-order valence-electron chi connectivity index (χ0n) is 17.7. The molecule has 1 aliphatic heterocycles. The number of amides is 1. The molecule has 8 nitrogen and oxygen atoms in total. The Labute approximate surface area is 175 Å². The van der Waals surface area contributed by atoms with Crippen molar-refractivity contribution in [2.24, 2.45) is 0 Å². The Kier molecular flexibility index (Phi) is 6.56. The number of Topliss-reactive ketones (excluding diaryl/α,β-unsaturated/α-hetero) is 1. The van der Waals surface area contributed by atoms with Crippen molar-refractivity contribution in [3.8, 4) is 0 Å². The number of esters is 1. The number of nitrogens with zero attached hydrogens (tertiary/aromatic N) is 1. The van der Waals surface area contributed by atoms with Gasteiger partial charge in [0.15, 0.2) is 11.9 Å². The van der Waals surface area contributed by atoms with Gasteiger partial charge in [0.25, 0.3) is 5.91 Å². The standard InChI is InChI=1S/C22H27N3O5/c1-13-19(15(3)26)14(2)23-20(13)22(28)30-16(4)21(27)24-17-5-7-18(8-6-17)25-9-11-29-12-10-25/h5-8,16,23H,9-12H2,1-4H3,(H,24,27)/t16-/m1/s1. The second-order valence-corrected chi connectivity index (χ2v) is 7.36. The summed E-state index contributed by atoms with van der Waals surface area (Å²) in [5.41, 5.74) is 3.47. The molecule has 0 unspecified atom stereocenters. The molecule has 8 heteroatoms. The highest BCUT2D eigenvalue weighted by atomic mass is 16.5. The number of carbonyl (C=O) groups is 3. The minimum absolute atomic E-state index is 0.133. The molecular formula is C22H27N3O5. The van der Waals surface area contributed by atoms with E-state index < -0.39 is 18.0 Å². The monoisotopic (exact) mass is 413 g/mol. The number of morpholine rings is 1. The third-order valence-corrected chi connectivity index (χ3v) is 5.16. The molecule has 0 aliphatic carbocycles. The molecule has 1 fully saturated rings. The molecule has 1 amide bonds. The first-order chi connectivity index (χ1) is 14.3. The summed E-state index contributed by atoms with van der Waals surface area (Å²) in [6.07, 6.45) is -1.000. The van der Waals surface area contributed by atoms with E-state index in [0.29, 0.717) is 35.7 Å². The van der Waals surface area contributed by atoms with E-state index >= 15 is 0 Å². The topological polar surface area (TPSA) is 101 Å². The third kappa shape index (κ3) is 4.71. The van der Waals surface area contributed by atoms with Gasteiger partial charge in [0.05, 0.1) is 13.2 Å². The summed E-state index contributed by atoms with van der Waals surface area (Å²) in [4.78, 5) is 41.8. The summed E-state index contributed by atoms with van der Waals surface area (Å²) in [6.45, 7) is 9.42. The van der Waals surface area contributed by atoms with E-state index in [4.69, 9.17) is 9.47 Å². The van der Waals surface area contributed by atoms with Crippen LogP contribution in [0.25, 0.3) is 0 Å². The lowest BCUT2D eigenvalue weighted by Crippen LogP contribution is -2.36. The maximum Gasteiger partial charge on any atom is 0.355 e. The minimum Gasteiger partial charge on any atom is -0.448 e. The number of aromatic nitrogens is 1. The normalized spacial score (nSPS) is 14.9. The molecule has 0 spiro atoms. The van der Waals surface area contributed by atoms with Crippen LogP contribution in [-0.4, -0.2) is 55.1 Å². The Morgan fingerprint density at radius 3 is 2.33 bits per heavy atom. The van der Waals surface area contributed by atoms with Gasteiger partial charge >= 0.3 is 5.97 Å². The summed E-state index contributed by atoms with van der Waals surface area (Å²) < 4.78 is 10.7. The van der Waals surface area contributed by atoms with Crippen molar-refractivity contribution in [2.45, 2.75) is 33.8 Å². The number of hydrogen-bond acceptors (Lipinski definition) is 6. The van der Waals surface area contributed by atoms with Gasteiger partial charge in [0.2, 0.25) is 0 Å². The predicted molar refractivity (Wildman–Crippen MR) is 113 cm³/mol. The molecule has 3 rings (SSSR count). The van der Waals surface area contributed by atoms with Crippen LogP contribution in [0.2, 0.25) is 0 Å². The van der Waals surface area contributed by atoms with E-state index in [9.17, 15) is 14.4 Å². The maximum absolute atomic E-state index is 12.5. The number of benzene rings is 1. The van der Waals surface area contributed by atoms with Crippen LogP contribution in [0.1, 0.15) is 46.0 Å². The largest absolute Gasteiger partial charge is 0.448 e. The molecule has 1 atom stereocenters. The summed E-state index contributed by atoms with van der Waals surface area (Å²) >= 11 is 0. The smallest absolute Gasteiger partial charge is 0.355 e. The van der Waals surface area contributed by atoms with E-state index in [-0.39, 0.29) is 11.5 Å². The average Bonchev–Trinajstić information content (AvgIpc) is 3.03. The molecule has 0 bridgehead atoms. The van der Waals surface area contributed by atoms with E-state index in [1.54, 1.807) is 13.8 Å². The number of carbonyl (C=O) groups excluding carboxylic acids is 3. The highest BCUT2D eigenvalue weighted by Crippen LogP contribution is 2.21. The zero-order valence-corrected chi connectivity index (χ0v) is 17.7. The van der Waals surface area contributed by atoms with Crippen LogP contribution in [0, 0.1) is 13.8 Å². The first-order valence-electron chi connectivity index (χ1n) is 9.92. The van der Waals surface area contributed by atoms with Crippen LogP contribution < -0.4 is 10.2 Å². The van der Waals surface area contributed by atoms with Crippen LogP contribution in [0.5, 0.6) is 0 Å². The Morgan fingerprint density at radius 2 is 1.77 bits per heavy atom. The van der Waals surface area contributed by atoms with Gasteiger partial charge in [0, 0.05) is 35.7 Å². The van der Waals surface area contributed by atoms with Crippen LogP contribution in [0.3, 0.4) is 0 Å². The molecule has 1 aromatic heterocycles. The van der Waals surface area contributed by atoms with Gasteiger partial charge in [-0.15, -0.1) is 0 Å². The number of aryl methyl sites for hydroxylation is 1. The SMILES string of the molecule is CC(=O)c1c(C)[nH]c(C(=O)O[C@H](C)C(=O)Nc2ccc(N3CCOCC3)cc2)c1C. The fourth-order valence-corrected chi connectivity index (χ4v) is 3.58. The van der Waals surface area contributed by atoms with Crippen LogP contribution >= 0.6 is 0 Å². The van der Waals surface area contributed by atoms with Crippen molar-refractivity contribution in [3.05, 3.63) is 46.8 Å². The van der Waals surface area contributed by atoms with Crippen LogP contribution in [0.15, 0.2) is 24.3 Å². The van der Waals surface area contributed by atoms with E-state index in [1.165, 1.54) is 13.8 Å². The van der Waals surface area contributed by atoms with Crippen molar-refractivity contribution >= 4 is 29.0 Å². The lowest BCUT2D eigenvalue weighted by atomic mass is 10.1. The highest BCUT2D eigenvalue weighted by Gasteiger charge is 2.24. The van der Waals surface area contributed by atoms with Gasteiger partial charge in [-0.25, -0.2) is 4.79 Å². The molecule has 1 saturated heterocycles. The van der Waals surface area contributed by atoms with Crippen LogP contribution in [0.4, 0.5) is 11.4 Å². The van der Waals surface area contributed by atoms with E-state index in [0.717, 1.165) is 18.8 Å². The first kappa shape index (κ1) is 21.6. The fraction of sp³-hybridized carbons (Fsp3) is 0.409. The molecule has 2 N–H and O–H groups in total. The number of ether oxygens (including phenoxy) is 2. The number of anilines is 2. The molecule has 0 radical (unpaired) electrons. The number of ketones is 1. The maximum atomic E-state index is 12.5. The van der Waals surface area contributed by atoms with Gasteiger partial charge in [0.1, 0.15) is 5.69 Å². The van der Waals surface area contributed by atoms with Crippen molar-refractivity contribution in [1.29, 1.82) is 0 Å². The number of rotatable bonds is 6. The Hall–Kier alpha value is -3.13. The molecule has 160 valence electrons. The third-order valence-electron chi connectivity index (χ3n) is 5.16. The van der Waals surface area contributed by atoms with Crippen molar-refractivity contribution in [1.82, 2.24) is 4.98 Å². The van der Waals surface area contributed by atoms with Crippen molar-refractivity contribution in [3.63, 3.8) is 0 Å². The molecule has 2 aromatic rings. The summed E-state index contributed by atoms with van der Waals surface area (Å²) in [6, 6.07) is 7.50. The molecular weight excluding hydrogens is 386 g/mol. The summed E-state index contributed by atoms with van der Waals surface area (Å²) in [5, 5.41) is 2.75. The first-order valence-corrected chi connectivity index (χ1v) is 9.92. The molecule has 0 saturated carbocycles. The Balaban J connectivity index is 1.60.